The Morgan fingerprint density at radius 2 is 1.60 bits per heavy atom. The van der Waals surface area contributed by atoms with Crippen molar-refractivity contribution in [3.8, 4) is 23.3 Å². The fourth-order valence-corrected chi connectivity index (χ4v) is 4.62. The van der Waals surface area contributed by atoms with E-state index >= 15 is 0 Å². The number of nitrogens with one attached hydrogen (secondary N) is 1. The average Bonchev–Trinajstić information content (AvgIpc) is 3.35. The second-order valence-electron chi connectivity index (χ2n) is 6.84. The van der Waals surface area contributed by atoms with Gasteiger partial charge in [0.25, 0.3) is 5.91 Å². The topological polar surface area (TPSA) is 140 Å². The molecule has 0 unspecified atom stereocenters. The van der Waals surface area contributed by atoms with Crippen molar-refractivity contribution in [3.63, 3.8) is 0 Å². The molecule has 0 aliphatic carbocycles. The summed E-state index contributed by atoms with van der Waals surface area (Å²) in [4.78, 5) is 12.4. The zero-order valence-corrected chi connectivity index (χ0v) is 20.6. The van der Waals surface area contributed by atoms with Crippen molar-refractivity contribution in [1.29, 1.82) is 5.26 Å². The Labute approximate surface area is 206 Å². The molecule has 10 nitrogen and oxygen atoms in total. The molecule has 0 atom stereocenters. The third-order valence-corrected chi connectivity index (χ3v) is 7.53. The number of anilines is 1. The number of amides is 1. The van der Waals surface area contributed by atoms with Gasteiger partial charge in [-0.1, -0.05) is 30.4 Å². The summed E-state index contributed by atoms with van der Waals surface area (Å²) in [6.45, 7) is 2.16. The molecule has 35 heavy (non-hydrogen) atoms. The van der Waals surface area contributed by atoms with Crippen LogP contribution in [0.3, 0.4) is 0 Å². The van der Waals surface area contributed by atoms with Crippen LogP contribution in [0.15, 0.2) is 58.4 Å². The minimum atomic E-state index is -3.53. The van der Waals surface area contributed by atoms with Crippen molar-refractivity contribution in [3.05, 3.63) is 59.7 Å². The van der Waals surface area contributed by atoms with Gasteiger partial charge >= 0.3 is 0 Å². The van der Waals surface area contributed by atoms with Crippen molar-refractivity contribution < 1.29 is 27.4 Å². The summed E-state index contributed by atoms with van der Waals surface area (Å²) >= 11 is 0.727. The Hall–Kier alpha value is -3.95. The molecule has 1 aromatic heterocycles. The number of benzene rings is 2. The highest BCUT2D eigenvalue weighted by Gasteiger charge is 2.19. The fourth-order valence-electron chi connectivity index (χ4n) is 2.64. The number of ether oxygens (including phenoxy) is 3. The van der Waals surface area contributed by atoms with Crippen molar-refractivity contribution in [1.82, 2.24) is 10.2 Å². The summed E-state index contributed by atoms with van der Waals surface area (Å²) in [5.74, 6) is 1.20. The molecule has 0 aliphatic heterocycles. The first-order chi connectivity index (χ1) is 16.8. The molecule has 0 radical (unpaired) electrons. The van der Waals surface area contributed by atoms with E-state index in [1.54, 1.807) is 55.6 Å². The van der Waals surface area contributed by atoms with Crippen LogP contribution >= 0.6 is 11.3 Å². The SMILES string of the molecule is CCS(=O)(=O)c1nnc(NC(=O)/C(C#N)=C\c2ccc(OCCOc3ccc(OC)cc3)cc2)s1. The summed E-state index contributed by atoms with van der Waals surface area (Å²) in [5.41, 5.74) is 0.423. The zero-order chi connectivity index (χ0) is 25.3. The van der Waals surface area contributed by atoms with E-state index in [4.69, 9.17) is 14.2 Å². The predicted molar refractivity (Wildman–Crippen MR) is 130 cm³/mol. The van der Waals surface area contributed by atoms with Crippen LogP contribution in [0, 0.1) is 11.3 Å². The Morgan fingerprint density at radius 1 is 1.03 bits per heavy atom. The molecule has 3 aromatic rings. The van der Waals surface area contributed by atoms with Crippen LogP contribution in [0.5, 0.6) is 17.2 Å². The molecular weight excluding hydrogens is 492 g/mol. The molecule has 0 spiro atoms. The highest BCUT2D eigenvalue weighted by atomic mass is 32.2. The predicted octanol–water partition coefficient (Wildman–Crippen LogP) is 3.34. The first-order valence-electron chi connectivity index (χ1n) is 10.3. The van der Waals surface area contributed by atoms with Crippen LogP contribution in [-0.2, 0) is 14.6 Å². The lowest BCUT2D eigenvalue weighted by molar-refractivity contribution is -0.112. The maximum Gasteiger partial charge on any atom is 0.268 e. The van der Waals surface area contributed by atoms with E-state index in [1.165, 1.54) is 13.0 Å². The Balaban J connectivity index is 1.53. The largest absolute Gasteiger partial charge is 0.497 e. The van der Waals surface area contributed by atoms with Crippen molar-refractivity contribution in [2.45, 2.75) is 11.3 Å². The number of carbonyl (C=O) groups is 1. The molecule has 0 saturated carbocycles. The van der Waals surface area contributed by atoms with Gasteiger partial charge in [0.05, 0.1) is 12.9 Å². The summed E-state index contributed by atoms with van der Waals surface area (Å²) in [6, 6.07) is 15.9. The fraction of sp³-hybridized carbons (Fsp3) is 0.217. The lowest BCUT2D eigenvalue weighted by Crippen LogP contribution is -2.13. The van der Waals surface area contributed by atoms with Crippen molar-refractivity contribution >= 4 is 38.3 Å². The monoisotopic (exact) mass is 514 g/mol. The van der Waals surface area contributed by atoms with Crippen molar-refractivity contribution in [2.75, 3.05) is 31.4 Å². The quantitative estimate of drug-likeness (QED) is 0.176. The summed E-state index contributed by atoms with van der Waals surface area (Å²) in [7, 11) is -1.93. The Kier molecular flexibility index (Phi) is 8.77. The van der Waals surface area contributed by atoms with E-state index in [0.29, 0.717) is 30.3 Å². The van der Waals surface area contributed by atoms with Gasteiger partial charge in [-0.05, 0) is 48.0 Å². The highest BCUT2D eigenvalue weighted by molar-refractivity contribution is 7.93. The molecule has 1 N–H and O–H groups in total. The number of hydrogen-bond acceptors (Lipinski definition) is 10. The van der Waals surface area contributed by atoms with E-state index < -0.39 is 15.7 Å². The van der Waals surface area contributed by atoms with Gasteiger partial charge in [-0.2, -0.15) is 5.26 Å². The molecule has 1 heterocycles. The lowest BCUT2D eigenvalue weighted by atomic mass is 10.1. The molecule has 0 aliphatic rings. The van der Waals surface area contributed by atoms with E-state index in [-0.39, 0.29) is 20.8 Å². The minimum Gasteiger partial charge on any atom is -0.497 e. The maximum atomic E-state index is 12.4. The van der Waals surface area contributed by atoms with E-state index in [9.17, 15) is 18.5 Å². The highest BCUT2D eigenvalue weighted by Crippen LogP contribution is 2.22. The summed E-state index contributed by atoms with van der Waals surface area (Å²) < 4.78 is 39.8. The maximum absolute atomic E-state index is 12.4. The van der Waals surface area contributed by atoms with Gasteiger partial charge in [0.2, 0.25) is 19.3 Å². The van der Waals surface area contributed by atoms with Gasteiger partial charge in [-0.3, -0.25) is 10.1 Å². The third kappa shape index (κ3) is 7.26. The molecule has 182 valence electrons. The molecular formula is C23H22N4O6S2. The standard InChI is InChI=1S/C23H22N4O6S2/c1-3-35(29,30)23-27-26-22(34-23)25-21(28)17(15-24)14-16-4-6-19(7-5-16)32-12-13-33-20-10-8-18(31-2)9-11-20/h4-11,14H,3,12-13H2,1-2H3,(H,25,26,28)/b17-14-. The number of methoxy groups -OCH3 is 1. The van der Waals surface area contributed by atoms with Gasteiger partial charge in [-0.15, -0.1) is 10.2 Å². The van der Waals surface area contributed by atoms with Crippen LogP contribution < -0.4 is 19.5 Å². The van der Waals surface area contributed by atoms with Crippen LogP contribution in [0.1, 0.15) is 12.5 Å². The average molecular weight is 515 g/mol. The Bertz CT molecular complexity index is 1330. The van der Waals surface area contributed by atoms with Gasteiger partial charge in [-0.25, -0.2) is 8.42 Å². The van der Waals surface area contributed by atoms with Gasteiger partial charge in [0, 0.05) is 0 Å². The van der Waals surface area contributed by atoms with Crippen LogP contribution in [-0.4, -0.2) is 50.6 Å². The summed E-state index contributed by atoms with van der Waals surface area (Å²) in [6.07, 6.45) is 1.40. The number of nitriles is 1. The number of hydrogen-bond donors (Lipinski definition) is 1. The zero-order valence-electron chi connectivity index (χ0n) is 18.9. The van der Waals surface area contributed by atoms with Crippen molar-refractivity contribution in [2.24, 2.45) is 0 Å². The van der Waals surface area contributed by atoms with Crippen LogP contribution in [0.25, 0.3) is 6.08 Å². The smallest absolute Gasteiger partial charge is 0.268 e. The van der Waals surface area contributed by atoms with Gasteiger partial charge < -0.3 is 14.2 Å². The Morgan fingerprint density at radius 3 is 2.14 bits per heavy atom. The normalized spacial score (nSPS) is 11.4. The first-order valence-corrected chi connectivity index (χ1v) is 12.8. The molecule has 0 fully saturated rings. The minimum absolute atomic E-state index is 0.0104. The number of aromatic nitrogens is 2. The number of carbonyl (C=O) groups excluding carboxylic acids is 1. The number of sulfone groups is 1. The molecule has 2 aromatic carbocycles. The second-order valence-corrected chi connectivity index (χ2v) is 10.3. The van der Waals surface area contributed by atoms with E-state index in [0.717, 1.165) is 17.1 Å². The second kappa shape index (κ2) is 12.0. The molecule has 3 rings (SSSR count). The number of nitrogens with zero attached hydrogens (tertiary/aromatic N) is 3. The first kappa shape index (κ1) is 25.7. The third-order valence-electron chi connectivity index (χ3n) is 4.51. The lowest BCUT2D eigenvalue weighted by Gasteiger charge is -2.09. The summed E-state index contributed by atoms with van der Waals surface area (Å²) in [5, 5.41) is 19.0. The number of rotatable bonds is 11. The van der Waals surface area contributed by atoms with Gasteiger partial charge in [0.1, 0.15) is 42.1 Å². The van der Waals surface area contributed by atoms with Crippen LogP contribution in [0.2, 0.25) is 0 Å². The van der Waals surface area contributed by atoms with E-state index in [2.05, 4.69) is 15.5 Å². The molecule has 1 amide bonds. The molecule has 12 heteroatoms. The van der Waals surface area contributed by atoms with E-state index in [1.807, 2.05) is 6.07 Å². The molecule has 0 saturated heterocycles. The van der Waals surface area contributed by atoms with Gasteiger partial charge in [0.15, 0.2) is 0 Å². The molecule has 0 bridgehead atoms. The van der Waals surface area contributed by atoms with Crippen LogP contribution in [0.4, 0.5) is 5.13 Å².